The number of carboxylic acid groups (broad SMARTS) is 1. The molecule has 0 radical (unpaired) electrons. The van der Waals surface area contributed by atoms with Crippen molar-refractivity contribution in [3.05, 3.63) is 40.4 Å². The number of alkyl halides is 5. The normalized spacial score (nSPS) is 12.9. The average Bonchev–Trinajstić information content (AvgIpc) is 2.26. The Morgan fingerprint density at radius 1 is 1.21 bits per heavy atom. The Kier molecular flexibility index (Phi) is 4.19. The van der Waals surface area contributed by atoms with Crippen LogP contribution in [0.15, 0.2) is 24.3 Å². The van der Waals surface area contributed by atoms with Gasteiger partial charge in [0, 0.05) is 11.6 Å². The summed E-state index contributed by atoms with van der Waals surface area (Å²) in [6.07, 6.45) is -4.29. The molecule has 19 heavy (non-hydrogen) atoms. The molecule has 0 saturated carbocycles. The minimum Gasteiger partial charge on any atom is -0.478 e. The summed E-state index contributed by atoms with van der Waals surface area (Å²) in [5, 5.41) is 7.59. The smallest absolute Gasteiger partial charge is 0.458 e. The van der Waals surface area contributed by atoms with E-state index >= 15 is 0 Å². The maximum atomic E-state index is 13.2. The summed E-state index contributed by atoms with van der Waals surface area (Å²) in [5.41, 5.74) is -1.56. The van der Waals surface area contributed by atoms with Gasteiger partial charge in [-0.05, 0) is 23.8 Å². The number of hydrogen-bond donors (Lipinski definition) is 1. The van der Waals surface area contributed by atoms with Crippen LogP contribution in [0.5, 0.6) is 0 Å². The maximum absolute atomic E-state index is 13.2. The van der Waals surface area contributed by atoms with Crippen LogP contribution in [0.1, 0.15) is 11.1 Å². The molecular weight excluding hydrogens is 295 g/mol. The van der Waals surface area contributed by atoms with Crippen LogP contribution < -0.4 is 0 Å². The van der Waals surface area contributed by atoms with E-state index in [1.165, 1.54) is 0 Å². The lowest BCUT2D eigenvalue weighted by atomic mass is 10.0. The Morgan fingerprint density at radius 2 is 1.79 bits per heavy atom. The number of aliphatic carboxylic acids is 1. The molecule has 0 aliphatic heterocycles. The SMILES string of the molecule is O=C(O)C=Cc1ccc(Cl)c(C(F)(F)C(F)(F)F)c1. The summed E-state index contributed by atoms with van der Waals surface area (Å²) in [5.74, 6) is -6.48. The third kappa shape index (κ3) is 3.44. The van der Waals surface area contributed by atoms with Crippen molar-refractivity contribution < 1.29 is 31.9 Å². The first-order valence-corrected chi connectivity index (χ1v) is 5.09. The highest BCUT2D eigenvalue weighted by molar-refractivity contribution is 6.31. The molecule has 0 aromatic heterocycles. The molecule has 1 aromatic carbocycles. The Bertz CT molecular complexity index is 522. The van der Waals surface area contributed by atoms with Gasteiger partial charge in [-0.2, -0.15) is 22.0 Å². The molecule has 0 aliphatic rings. The molecule has 1 aromatic rings. The van der Waals surface area contributed by atoms with Crippen molar-refractivity contribution in [3.8, 4) is 0 Å². The number of halogens is 6. The van der Waals surface area contributed by atoms with E-state index in [1.807, 2.05) is 0 Å². The van der Waals surface area contributed by atoms with Crippen LogP contribution in [-0.4, -0.2) is 17.3 Å². The van der Waals surface area contributed by atoms with Gasteiger partial charge < -0.3 is 5.11 Å². The summed E-state index contributed by atoms with van der Waals surface area (Å²) >= 11 is 5.33. The first-order valence-electron chi connectivity index (χ1n) is 4.71. The molecule has 0 aliphatic carbocycles. The fourth-order valence-electron chi connectivity index (χ4n) is 1.21. The fourth-order valence-corrected chi connectivity index (χ4v) is 1.44. The van der Waals surface area contributed by atoms with Crippen LogP contribution in [0, 0.1) is 0 Å². The molecule has 0 atom stereocenters. The molecule has 0 heterocycles. The summed E-state index contributed by atoms with van der Waals surface area (Å²) in [6.45, 7) is 0. The fraction of sp³-hybridized carbons (Fsp3) is 0.182. The molecule has 2 nitrogen and oxygen atoms in total. The summed E-state index contributed by atoms with van der Waals surface area (Å²) in [4.78, 5) is 10.2. The van der Waals surface area contributed by atoms with Gasteiger partial charge in [0.15, 0.2) is 0 Å². The standard InChI is InChI=1S/C11H6ClF5O2/c12-8-3-1-6(2-4-9(18)19)5-7(8)10(13,14)11(15,16)17/h1-5H,(H,18,19). The zero-order valence-corrected chi connectivity index (χ0v) is 9.77. The van der Waals surface area contributed by atoms with Crippen LogP contribution >= 0.6 is 11.6 Å². The Morgan fingerprint density at radius 3 is 2.26 bits per heavy atom. The van der Waals surface area contributed by atoms with E-state index in [0.717, 1.165) is 18.2 Å². The molecule has 1 rings (SSSR count). The number of benzene rings is 1. The lowest BCUT2D eigenvalue weighted by Gasteiger charge is -2.21. The number of carboxylic acids is 1. The zero-order valence-electron chi connectivity index (χ0n) is 9.01. The highest BCUT2D eigenvalue weighted by Gasteiger charge is 2.59. The van der Waals surface area contributed by atoms with Crippen LogP contribution in [-0.2, 0) is 10.7 Å². The molecule has 1 N–H and O–H groups in total. The van der Waals surface area contributed by atoms with E-state index in [1.54, 1.807) is 0 Å². The van der Waals surface area contributed by atoms with Gasteiger partial charge in [-0.15, -0.1) is 0 Å². The van der Waals surface area contributed by atoms with E-state index < -0.39 is 28.7 Å². The van der Waals surface area contributed by atoms with Gasteiger partial charge in [0.2, 0.25) is 0 Å². The molecule has 0 bridgehead atoms. The van der Waals surface area contributed by atoms with Crippen LogP contribution in [0.25, 0.3) is 6.08 Å². The van der Waals surface area contributed by atoms with Gasteiger partial charge in [-0.3, -0.25) is 0 Å². The number of rotatable bonds is 3. The second-order valence-corrected chi connectivity index (χ2v) is 3.89. The summed E-state index contributed by atoms with van der Waals surface area (Å²) in [7, 11) is 0. The van der Waals surface area contributed by atoms with Crippen molar-refractivity contribution in [1.82, 2.24) is 0 Å². The topological polar surface area (TPSA) is 37.3 Å². The molecule has 0 fully saturated rings. The maximum Gasteiger partial charge on any atom is 0.458 e. The second-order valence-electron chi connectivity index (χ2n) is 3.48. The molecule has 104 valence electrons. The number of hydrogen-bond acceptors (Lipinski definition) is 1. The molecule has 0 amide bonds. The van der Waals surface area contributed by atoms with E-state index in [4.69, 9.17) is 16.7 Å². The Hall–Kier alpha value is -1.63. The minimum atomic E-state index is -5.79. The van der Waals surface area contributed by atoms with Crippen LogP contribution in [0.3, 0.4) is 0 Å². The highest BCUT2D eigenvalue weighted by Crippen LogP contribution is 2.46. The predicted molar refractivity (Wildman–Crippen MR) is 58.1 cm³/mol. The largest absolute Gasteiger partial charge is 0.478 e. The van der Waals surface area contributed by atoms with E-state index in [9.17, 15) is 26.7 Å². The van der Waals surface area contributed by atoms with E-state index in [2.05, 4.69) is 0 Å². The Labute approximate surface area is 109 Å². The summed E-state index contributed by atoms with van der Waals surface area (Å²) < 4.78 is 63.0. The van der Waals surface area contributed by atoms with Crippen molar-refractivity contribution in [2.24, 2.45) is 0 Å². The first kappa shape index (κ1) is 15.4. The molecule has 8 heteroatoms. The van der Waals surface area contributed by atoms with Crippen molar-refractivity contribution in [1.29, 1.82) is 0 Å². The van der Waals surface area contributed by atoms with Crippen molar-refractivity contribution >= 4 is 23.6 Å². The quantitative estimate of drug-likeness (QED) is 0.674. The molecule has 0 saturated heterocycles. The average molecular weight is 301 g/mol. The third-order valence-corrected chi connectivity index (χ3v) is 2.43. The van der Waals surface area contributed by atoms with Gasteiger partial charge in [0.05, 0.1) is 5.02 Å². The van der Waals surface area contributed by atoms with Gasteiger partial charge in [0.1, 0.15) is 0 Å². The van der Waals surface area contributed by atoms with E-state index in [-0.39, 0.29) is 5.56 Å². The van der Waals surface area contributed by atoms with Crippen molar-refractivity contribution in [3.63, 3.8) is 0 Å². The summed E-state index contributed by atoms with van der Waals surface area (Å²) in [6, 6.07) is 2.46. The minimum absolute atomic E-state index is 0.134. The van der Waals surface area contributed by atoms with Gasteiger partial charge >= 0.3 is 18.1 Å². The molecule has 0 spiro atoms. The first-order chi connectivity index (χ1) is 8.55. The predicted octanol–water partition coefficient (Wildman–Crippen LogP) is 4.09. The lowest BCUT2D eigenvalue weighted by molar-refractivity contribution is -0.289. The van der Waals surface area contributed by atoms with Gasteiger partial charge in [-0.25, -0.2) is 4.79 Å². The van der Waals surface area contributed by atoms with Crippen LogP contribution in [0.2, 0.25) is 5.02 Å². The van der Waals surface area contributed by atoms with Gasteiger partial charge in [0.25, 0.3) is 0 Å². The zero-order chi connectivity index (χ0) is 14.8. The van der Waals surface area contributed by atoms with Crippen molar-refractivity contribution in [2.75, 3.05) is 0 Å². The number of carbonyl (C=O) groups is 1. The second kappa shape index (κ2) is 5.16. The molecular formula is C11H6ClF5O2. The lowest BCUT2D eigenvalue weighted by Crippen LogP contribution is -2.34. The highest BCUT2D eigenvalue weighted by atomic mass is 35.5. The monoisotopic (exact) mass is 300 g/mol. The van der Waals surface area contributed by atoms with Crippen molar-refractivity contribution in [2.45, 2.75) is 12.1 Å². The van der Waals surface area contributed by atoms with Gasteiger partial charge in [-0.1, -0.05) is 17.7 Å². The van der Waals surface area contributed by atoms with Crippen LogP contribution in [0.4, 0.5) is 22.0 Å². The molecule has 0 unspecified atom stereocenters. The Balaban J connectivity index is 3.29. The van der Waals surface area contributed by atoms with E-state index in [0.29, 0.717) is 12.1 Å². The third-order valence-electron chi connectivity index (χ3n) is 2.10.